The fourth-order valence-electron chi connectivity index (χ4n) is 4.08. The van der Waals surface area contributed by atoms with E-state index in [-0.39, 0.29) is 5.28 Å². The summed E-state index contributed by atoms with van der Waals surface area (Å²) in [5.41, 5.74) is 3.78. The normalized spacial score (nSPS) is 11.5. The van der Waals surface area contributed by atoms with Crippen LogP contribution in [-0.2, 0) is 0 Å². The van der Waals surface area contributed by atoms with Crippen molar-refractivity contribution in [1.29, 1.82) is 0 Å². The van der Waals surface area contributed by atoms with Gasteiger partial charge in [0.1, 0.15) is 0 Å². The first kappa shape index (κ1) is 17.6. The van der Waals surface area contributed by atoms with Crippen LogP contribution in [0.15, 0.2) is 91.0 Å². The lowest BCUT2D eigenvalue weighted by atomic mass is 9.98. The van der Waals surface area contributed by atoms with Crippen LogP contribution in [0.5, 0.6) is 0 Å². The van der Waals surface area contributed by atoms with E-state index in [0.29, 0.717) is 0 Å². The lowest BCUT2D eigenvalue weighted by molar-refractivity contribution is 1.18. The maximum absolute atomic E-state index is 6.38. The predicted molar refractivity (Wildman–Crippen MR) is 128 cm³/mol. The molecule has 0 amide bonds. The Bertz CT molecular complexity index is 1550. The number of hydrogen-bond donors (Lipinski definition) is 0. The van der Waals surface area contributed by atoms with E-state index in [1.54, 1.807) is 11.3 Å². The van der Waals surface area contributed by atoms with E-state index in [0.717, 1.165) is 22.5 Å². The van der Waals surface area contributed by atoms with Gasteiger partial charge in [-0.25, -0.2) is 9.97 Å². The van der Waals surface area contributed by atoms with Gasteiger partial charge in [-0.15, -0.1) is 11.3 Å². The lowest BCUT2D eigenvalue weighted by Gasteiger charge is -2.09. The molecule has 30 heavy (non-hydrogen) atoms. The van der Waals surface area contributed by atoms with E-state index >= 15 is 0 Å². The van der Waals surface area contributed by atoms with Crippen molar-refractivity contribution < 1.29 is 0 Å². The van der Waals surface area contributed by atoms with E-state index in [1.807, 2.05) is 36.4 Å². The van der Waals surface area contributed by atoms with Crippen LogP contribution >= 0.6 is 22.9 Å². The molecule has 6 rings (SSSR count). The zero-order valence-electron chi connectivity index (χ0n) is 15.8. The minimum atomic E-state index is 0.258. The molecule has 0 aliphatic carbocycles. The standard InChI is InChI=1S/C26H15ClN2S/c27-26-28-21(16-8-2-1-3-9-16)15-22(29-26)20-14-17-10-4-5-11-18(17)24-19-12-6-7-13-23(19)30-25(20)24/h1-15H. The summed E-state index contributed by atoms with van der Waals surface area (Å²) in [4.78, 5) is 9.09. The fourth-order valence-corrected chi connectivity index (χ4v) is 5.50. The summed E-state index contributed by atoms with van der Waals surface area (Å²) in [5.74, 6) is 0. The summed E-state index contributed by atoms with van der Waals surface area (Å²) in [6, 6.07) is 31.5. The average molecular weight is 423 g/mol. The van der Waals surface area contributed by atoms with Crippen LogP contribution < -0.4 is 0 Å². The summed E-state index contributed by atoms with van der Waals surface area (Å²) >= 11 is 8.18. The maximum Gasteiger partial charge on any atom is 0.223 e. The van der Waals surface area contributed by atoms with Crippen molar-refractivity contribution in [3.8, 4) is 22.5 Å². The second-order valence-corrected chi connectivity index (χ2v) is 8.61. The molecule has 0 atom stereocenters. The van der Waals surface area contributed by atoms with Gasteiger partial charge < -0.3 is 0 Å². The number of nitrogens with zero attached hydrogens (tertiary/aromatic N) is 2. The van der Waals surface area contributed by atoms with Crippen molar-refractivity contribution in [1.82, 2.24) is 9.97 Å². The third-order valence-electron chi connectivity index (χ3n) is 5.41. The molecule has 0 saturated heterocycles. The molecule has 2 heterocycles. The smallest absolute Gasteiger partial charge is 0.218 e. The quantitative estimate of drug-likeness (QED) is 0.264. The molecule has 0 bridgehead atoms. The molecule has 4 heteroatoms. The maximum atomic E-state index is 6.38. The number of aromatic nitrogens is 2. The van der Waals surface area contributed by atoms with Gasteiger partial charge in [-0.1, -0.05) is 72.8 Å². The lowest BCUT2D eigenvalue weighted by Crippen LogP contribution is -1.92. The summed E-state index contributed by atoms with van der Waals surface area (Å²) < 4.78 is 2.50. The first-order valence-corrected chi connectivity index (χ1v) is 10.9. The molecule has 2 nitrogen and oxygen atoms in total. The fraction of sp³-hybridized carbons (Fsp3) is 0. The van der Waals surface area contributed by atoms with Crippen LogP contribution in [0.4, 0.5) is 0 Å². The van der Waals surface area contributed by atoms with Gasteiger partial charge in [0.05, 0.1) is 11.4 Å². The van der Waals surface area contributed by atoms with Crippen molar-refractivity contribution in [2.45, 2.75) is 0 Å². The Kier molecular flexibility index (Phi) is 4.05. The number of fused-ring (bicyclic) bond motifs is 5. The minimum absolute atomic E-state index is 0.258. The van der Waals surface area contributed by atoms with Crippen LogP contribution in [0.25, 0.3) is 53.5 Å². The highest BCUT2D eigenvalue weighted by atomic mass is 35.5. The van der Waals surface area contributed by atoms with Gasteiger partial charge in [0, 0.05) is 31.3 Å². The molecule has 0 aliphatic heterocycles. The van der Waals surface area contributed by atoms with Crippen molar-refractivity contribution >= 4 is 53.9 Å². The summed E-state index contributed by atoms with van der Waals surface area (Å²) in [7, 11) is 0. The van der Waals surface area contributed by atoms with E-state index in [9.17, 15) is 0 Å². The SMILES string of the molecule is Clc1nc(-c2ccccc2)cc(-c2cc3ccccc3c3c2sc2ccccc23)n1. The highest BCUT2D eigenvalue weighted by molar-refractivity contribution is 7.26. The molecule has 142 valence electrons. The van der Waals surface area contributed by atoms with Crippen molar-refractivity contribution in [3.63, 3.8) is 0 Å². The molecular weight excluding hydrogens is 408 g/mol. The molecule has 0 radical (unpaired) electrons. The summed E-state index contributed by atoms with van der Waals surface area (Å²) in [5, 5.41) is 5.27. The van der Waals surface area contributed by atoms with E-state index < -0.39 is 0 Å². The molecular formula is C26H15ClN2S. The average Bonchev–Trinajstić information content (AvgIpc) is 3.18. The van der Waals surface area contributed by atoms with Crippen molar-refractivity contribution in [2.24, 2.45) is 0 Å². The molecule has 0 aliphatic rings. The third kappa shape index (κ3) is 2.78. The van der Waals surface area contributed by atoms with Crippen LogP contribution in [0.3, 0.4) is 0 Å². The van der Waals surface area contributed by atoms with Gasteiger partial charge in [0.25, 0.3) is 0 Å². The molecule has 0 fully saturated rings. The van der Waals surface area contributed by atoms with Gasteiger partial charge in [0.15, 0.2) is 0 Å². The second-order valence-electron chi connectivity index (χ2n) is 7.22. The first-order valence-electron chi connectivity index (χ1n) is 9.71. The highest BCUT2D eigenvalue weighted by Crippen LogP contribution is 2.44. The van der Waals surface area contributed by atoms with E-state index in [2.05, 4.69) is 64.6 Å². The Hall–Kier alpha value is -3.27. The van der Waals surface area contributed by atoms with Crippen LogP contribution in [0.1, 0.15) is 0 Å². The first-order chi connectivity index (χ1) is 14.8. The van der Waals surface area contributed by atoms with Crippen molar-refractivity contribution in [3.05, 3.63) is 96.3 Å². The Morgan fingerprint density at radius 2 is 1.37 bits per heavy atom. The molecule has 0 unspecified atom stereocenters. The topological polar surface area (TPSA) is 25.8 Å². The van der Waals surface area contributed by atoms with Crippen LogP contribution in [0, 0.1) is 0 Å². The van der Waals surface area contributed by atoms with E-state index in [4.69, 9.17) is 11.6 Å². The molecule has 0 spiro atoms. The molecule has 6 aromatic rings. The van der Waals surface area contributed by atoms with Crippen LogP contribution in [-0.4, -0.2) is 9.97 Å². The Morgan fingerprint density at radius 3 is 2.23 bits per heavy atom. The Balaban J connectivity index is 1.72. The largest absolute Gasteiger partial charge is 0.223 e. The highest BCUT2D eigenvalue weighted by Gasteiger charge is 2.16. The van der Waals surface area contributed by atoms with E-state index in [1.165, 1.54) is 30.9 Å². The zero-order valence-corrected chi connectivity index (χ0v) is 17.4. The monoisotopic (exact) mass is 422 g/mol. The zero-order chi connectivity index (χ0) is 20.1. The number of halogens is 1. The second kappa shape index (κ2) is 6.91. The van der Waals surface area contributed by atoms with Gasteiger partial charge in [0.2, 0.25) is 5.28 Å². The third-order valence-corrected chi connectivity index (χ3v) is 6.79. The molecule has 0 N–H and O–H groups in total. The summed E-state index contributed by atoms with van der Waals surface area (Å²) in [6.07, 6.45) is 0. The predicted octanol–water partition coefficient (Wildman–Crippen LogP) is 7.99. The minimum Gasteiger partial charge on any atom is -0.218 e. The summed E-state index contributed by atoms with van der Waals surface area (Å²) in [6.45, 7) is 0. The number of rotatable bonds is 2. The number of hydrogen-bond acceptors (Lipinski definition) is 3. The van der Waals surface area contributed by atoms with Crippen molar-refractivity contribution in [2.75, 3.05) is 0 Å². The molecule has 4 aromatic carbocycles. The van der Waals surface area contributed by atoms with Gasteiger partial charge in [-0.2, -0.15) is 0 Å². The van der Waals surface area contributed by atoms with Gasteiger partial charge in [-0.05, 0) is 40.6 Å². The number of benzene rings is 4. The van der Waals surface area contributed by atoms with Gasteiger partial charge >= 0.3 is 0 Å². The van der Waals surface area contributed by atoms with Gasteiger partial charge in [-0.3, -0.25) is 0 Å². The Labute approximate surface area is 182 Å². The van der Waals surface area contributed by atoms with Crippen LogP contribution in [0.2, 0.25) is 5.28 Å². The number of thiophene rings is 1. The molecule has 2 aromatic heterocycles. The Morgan fingerprint density at radius 1 is 0.667 bits per heavy atom. The molecule has 0 saturated carbocycles.